The van der Waals surface area contributed by atoms with E-state index < -0.39 is 0 Å². The number of hydrogen-bond acceptors (Lipinski definition) is 2. The summed E-state index contributed by atoms with van der Waals surface area (Å²) in [7, 11) is 1.92. The summed E-state index contributed by atoms with van der Waals surface area (Å²) >= 11 is 0. The monoisotopic (exact) mass is 240 g/mol. The van der Waals surface area contributed by atoms with Crippen molar-refractivity contribution in [3.8, 4) is 0 Å². The van der Waals surface area contributed by atoms with Crippen molar-refractivity contribution < 1.29 is 4.79 Å². The molecule has 0 aliphatic heterocycles. The van der Waals surface area contributed by atoms with E-state index >= 15 is 0 Å². The van der Waals surface area contributed by atoms with Gasteiger partial charge in [-0.3, -0.25) is 4.79 Å². The summed E-state index contributed by atoms with van der Waals surface area (Å²) in [6.07, 6.45) is 5.56. The van der Waals surface area contributed by atoms with Gasteiger partial charge in [-0.25, -0.2) is 0 Å². The van der Waals surface area contributed by atoms with E-state index in [0.29, 0.717) is 5.91 Å². The van der Waals surface area contributed by atoms with Gasteiger partial charge in [-0.2, -0.15) is 0 Å². The van der Waals surface area contributed by atoms with Gasteiger partial charge in [-0.05, 0) is 65.3 Å². The van der Waals surface area contributed by atoms with Gasteiger partial charge in [0.05, 0.1) is 0 Å². The lowest BCUT2D eigenvalue weighted by Gasteiger charge is -2.37. The molecule has 0 spiro atoms. The third-order valence-electron chi connectivity index (χ3n) is 4.11. The molecule has 1 saturated carbocycles. The zero-order valence-corrected chi connectivity index (χ0v) is 11.8. The number of carbonyl (C=O) groups excluding carboxylic acids is 1. The zero-order valence-electron chi connectivity index (χ0n) is 11.8. The molecule has 0 aromatic rings. The highest BCUT2D eigenvalue weighted by atomic mass is 16.2. The van der Waals surface area contributed by atoms with E-state index in [1.807, 2.05) is 11.9 Å². The zero-order chi connectivity index (χ0) is 13.1. The lowest BCUT2D eigenvalue weighted by molar-refractivity contribution is -0.139. The van der Waals surface area contributed by atoms with Crippen molar-refractivity contribution in [2.45, 2.75) is 58.4 Å². The number of amides is 1. The quantitative estimate of drug-likeness (QED) is 0.823. The first-order valence-electron chi connectivity index (χ1n) is 6.84. The highest BCUT2D eigenvalue weighted by Crippen LogP contribution is 2.32. The molecular formula is C14H28N2O. The van der Waals surface area contributed by atoms with Crippen LogP contribution in [0.4, 0.5) is 0 Å². The molecule has 2 N–H and O–H groups in total. The Balaban J connectivity index is 2.46. The van der Waals surface area contributed by atoms with Crippen LogP contribution in [0.2, 0.25) is 0 Å². The molecule has 0 aromatic carbocycles. The van der Waals surface area contributed by atoms with Crippen LogP contribution in [0.1, 0.15) is 52.9 Å². The molecule has 1 aliphatic rings. The second kappa shape index (κ2) is 5.85. The first kappa shape index (κ1) is 14.5. The summed E-state index contributed by atoms with van der Waals surface area (Å²) < 4.78 is 0. The number of carbonyl (C=O) groups is 1. The van der Waals surface area contributed by atoms with Gasteiger partial charge >= 0.3 is 0 Å². The van der Waals surface area contributed by atoms with E-state index in [9.17, 15) is 4.79 Å². The van der Waals surface area contributed by atoms with Crippen LogP contribution in [0.15, 0.2) is 0 Å². The van der Waals surface area contributed by atoms with E-state index in [1.165, 1.54) is 12.8 Å². The molecular weight excluding hydrogens is 212 g/mol. The summed E-state index contributed by atoms with van der Waals surface area (Å²) in [5, 5.41) is 0. The van der Waals surface area contributed by atoms with Crippen LogP contribution in [-0.2, 0) is 4.79 Å². The predicted octanol–water partition coefficient (Wildman–Crippen LogP) is 2.40. The molecule has 0 unspecified atom stereocenters. The summed E-state index contributed by atoms with van der Waals surface area (Å²) in [5.74, 6) is 1.32. The molecule has 0 heterocycles. The van der Waals surface area contributed by atoms with E-state index in [2.05, 4.69) is 20.8 Å². The Morgan fingerprint density at radius 2 is 1.76 bits per heavy atom. The fourth-order valence-electron chi connectivity index (χ4n) is 2.54. The minimum absolute atomic E-state index is 0.0643. The van der Waals surface area contributed by atoms with Gasteiger partial charge in [0.25, 0.3) is 0 Å². The third kappa shape index (κ3) is 3.98. The highest BCUT2D eigenvalue weighted by molar-refractivity contribution is 5.79. The van der Waals surface area contributed by atoms with Crippen LogP contribution in [-0.4, -0.2) is 29.9 Å². The average Bonchev–Trinajstić information content (AvgIpc) is 2.27. The Kier molecular flexibility index (Phi) is 4.99. The first-order chi connectivity index (χ1) is 7.86. The second-order valence-electron chi connectivity index (χ2n) is 6.36. The van der Waals surface area contributed by atoms with Crippen LogP contribution in [0.25, 0.3) is 0 Å². The number of hydrogen-bond donors (Lipinski definition) is 1. The number of rotatable bonds is 3. The normalized spacial score (nSPS) is 25.7. The van der Waals surface area contributed by atoms with Crippen molar-refractivity contribution >= 4 is 5.91 Å². The molecule has 100 valence electrons. The number of nitrogens with zero attached hydrogens (tertiary/aromatic N) is 1. The average molecular weight is 240 g/mol. The molecule has 3 nitrogen and oxygen atoms in total. The maximum atomic E-state index is 12.3. The minimum atomic E-state index is -0.0643. The molecule has 1 amide bonds. The van der Waals surface area contributed by atoms with Crippen LogP contribution in [0.3, 0.4) is 0 Å². The molecule has 1 rings (SSSR count). The van der Waals surface area contributed by atoms with Gasteiger partial charge in [-0.1, -0.05) is 0 Å². The van der Waals surface area contributed by atoms with Gasteiger partial charge in [0.15, 0.2) is 0 Å². The van der Waals surface area contributed by atoms with Crippen LogP contribution >= 0.6 is 0 Å². The smallest absolute Gasteiger partial charge is 0.225 e. The van der Waals surface area contributed by atoms with Crippen molar-refractivity contribution in [2.24, 2.45) is 17.6 Å². The molecule has 0 bridgehead atoms. The lowest BCUT2D eigenvalue weighted by atomic mass is 9.79. The Morgan fingerprint density at radius 3 is 2.18 bits per heavy atom. The maximum Gasteiger partial charge on any atom is 0.225 e. The van der Waals surface area contributed by atoms with E-state index in [0.717, 1.165) is 31.7 Å². The summed E-state index contributed by atoms with van der Waals surface area (Å²) in [5.41, 5.74) is 5.52. The van der Waals surface area contributed by atoms with Gasteiger partial charge in [0, 0.05) is 18.5 Å². The molecule has 3 heteroatoms. The summed E-state index contributed by atoms with van der Waals surface area (Å²) in [6.45, 7) is 7.05. The molecule has 17 heavy (non-hydrogen) atoms. The summed E-state index contributed by atoms with van der Waals surface area (Å²) in [4.78, 5) is 14.2. The molecule has 0 radical (unpaired) electrons. The molecule has 0 aromatic heterocycles. The Labute approximate surface area is 106 Å². The van der Waals surface area contributed by atoms with Crippen molar-refractivity contribution in [3.63, 3.8) is 0 Å². The minimum Gasteiger partial charge on any atom is -0.341 e. The molecule has 1 fully saturated rings. The largest absolute Gasteiger partial charge is 0.341 e. The van der Waals surface area contributed by atoms with Crippen LogP contribution < -0.4 is 5.73 Å². The van der Waals surface area contributed by atoms with Crippen LogP contribution in [0, 0.1) is 11.8 Å². The Hall–Kier alpha value is -0.570. The van der Waals surface area contributed by atoms with E-state index in [1.54, 1.807) is 0 Å². The summed E-state index contributed by atoms with van der Waals surface area (Å²) in [6, 6.07) is 0. The van der Waals surface area contributed by atoms with E-state index in [-0.39, 0.29) is 11.5 Å². The molecule has 1 aliphatic carbocycles. The van der Waals surface area contributed by atoms with Crippen molar-refractivity contribution in [1.82, 2.24) is 4.90 Å². The fourth-order valence-corrected chi connectivity index (χ4v) is 2.54. The van der Waals surface area contributed by atoms with Crippen molar-refractivity contribution in [3.05, 3.63) is 0 Å². The lowest BCUT2D eigenvalue weighted by Crippen LogP contribution is -2.46. The molecule has 0 atom stereocenters. The van der Waals surface area contributed by atoms with Crippen molar-refractivity contribution in [1.29, 1.82) is 0 Å². The van der Waals surface area contributed by atoms with Gasteiger partial charge in [-0.15, -0.1) is 0 Å². The fraction of sp³-hybridized carbons (Fsp3) is 0.929. The Bertz CT molecular complexity index is 249. The predicted molar refractivity (Wildman–Crippen MR) is 71.6 cm³/mol. The van der Waals surface area contributed by atoms with E-state index in [4.69, 9.17) is 5.73 Å². The standard InChI is InChI=1S/C14H28N2O/c1-14(2,3)16(4)13(17)12-7-5-11(6-8-12)9-10-15/h11-12H,5-10,15H2,1-4H3. The van der Waals surface area contributed by atoms with Crippen molar-refractivity contribution in [2.75, 3.05) is 13.6 Å². The SMILES string of the molecule is CN(C(=O)C1CCC(CCN)CC1)C(C)(C)C. The van der Waals surface area contributed by atoms with Gasteiger partial charge < -0.3 is 10.6 Å². The first-order valence-corrected chi connectivity index (χ1v) is 6.84. The Morgan fingerprint density at radius 1 is 1.24 bits per heavy atom. The van der Waals surface area contributed by atoms with Crippen LogP contribution in [0.5, 0.6) is 0 Å². The van der Waals surface area contributed by atoms with Gasteiger partial charge in [0.2, 0.25) is 5.91 Å². The number of nitrogens with two attached hydrogens (primary N) is 1. The van der Waals surface area contributed by atoms with Gasteiger partial charge in [0.1, 0.15) is 0 Å². The third-order valence-corrected chi connectivity index (χ3v) is 4.11. The second-order valence-corrected chi connectivity index (χ2v) is 6.36. The molecule has 0 saturated heterocycles. The highest BCUT2D eigenvalue weighted by Gasteiger charge is 2.31. The topological polar surface area (TPSA) is 46.3 Å². The maximum absolute atomic E-state index is 12.3.